The predicted molar refractivity (Wildman–Crippen MR) is 68.2 cm³/mol. The van der Waals surface area contributed by atoms with Crippen LogP contribution in [0.3, 0.4) is 0 Å². The van der Waals surface area contributed by atoms with Crippen molar-refractivity contribution in [3.05, 3.63) is 52.5 Å². The lowest BCUT2D eigenvalue weighted by molar-refractivity contribution is 0.578. The first kappa shape index (κ1) is 11.4. The molecule has 0 aliphatic heterocycles. The van der Waals surface area contributed by atoms with E-state index in [1.54, 1.807) is 6.20 Å². The number of nitrogens with zero attached hydrogens (tertiary/aromatic N) is 1. The van der Waals surface area contributed by atoms with Gasteiger partial charge in [0.2, 0.25) is 0 Å². The number of hydrogen-bond acceptors (Lipinski definition) is 2. The van der Waals surface area contributed by atoms with E-state index in [4.69, 9.17) is 0 Å². The predicted octanol–water partition coefficient (Wildman–Crippen LogP) is 2.68. The Kier molecular flexibility index (Phi) is 3.74. The summed E-state index contributed by atoms with van der Waals surface area (Å²) in [7, 11) is 1.97. The third-order valence-corrected chi connectivity index (χ3v) is 3.05. The molecule has 0 aliphatic carbocycles. The molecule has 1 aromatic carbocycles. The summed E-state index contributed by atoms with van der Waals surface area (Å²) in [6, 6.07) is 8.61. The van der Waals surface area contributed by atoms with E-state index >= 15 is 0 Å². The van der Waals surface area contributed by atoms with Crippen molar-refractivity contribution in [1.29, 1.82) is 0 Å². The van der Waals surface area contributed by atoms with Gasteiger partial charge in [0.1, 0.15) is 5.82 Å². The summed E-state index contributed by atoms with van der Waals surface area (Å²) in [5, 5.41) is 3.30. The van der Waals surface area contributed by atoms with E-state index in [0.29, 0.717) is 0 Å². The van der Waals surface area contributed by atoms with Gasteiger partial charge in [0.25, 0.3) is 0 Å². The zero-order chi connectivity index (χ0) is 11.4. The van der Waals surface area contributed by atoms with E-state index in [1.165, 1.54) is 5.56 Å². The Labute approximate surface area is 103 Å². The van der Waals surface area contributed by atoms with Gasteiger partial charge in [0.15, 0.2) is 0 Å². The largest absolute Gasteiger partial charge is 0.349 e. The van der Waals surface area contributed by atoms with E-state index in [9.17, 15) is 0 Å². The first-order valence-corrected chi connectivity index (χ1v) is 6.00. The molecule has 0 saturated carbocycles. The lowest BCUT2D eigenvalue weighted by Crippen LogP contribution is -2.19. The Bertz CT molecular complexity index is 439. The van der Waals surface area contributed by atoms with Crippen molar-refractivity contribution in [2.24, 2.45) is 0 Å². The smallest absolute Gasteiger partial charge is 0.107 e. The van der Waals surface area contributed by atoms with Crippen molar-refractivity contribution in [2.45, 2.75) is 12.5 Å². The Morgan fingerprint density at radius 2 is 2.38 bits per heavy atom. The second kappa shape index (κ2) is 5.27. The fraction of sp³-hybridized carbons (Fsp3) is 0.250. The maximum Gasteiger partial charge on any atom is 0.107 e. The molecule has 0 spiro atoms. The summed E-state index contributed by atoms with van der Waals surface area (Å²) in [4.78, 5) is 7.37. The van der Waals surface area contributed by atoms with Crippen LogP contribution in [-0.2, 0) is 6.42 Å². The Morgan fingerprint density at radius 3 is 3.00 bits per heavy atom. The van der Waals surface area contributed by atoms with Crippen LogP contribution in [0.2, 0.25) is 0 Å². The van der Waals surface area contributed by atoms with Crippen LogP contribution >= 0.6 is 15.9 Å². The highest BCUT2D eigenvalue weighted by molar-refractivity contribution is 9.10. The number of H-pyrrole nitrogens is 1. The summed E-state index contributed by atoms with van der Waals surface area (Å²) < 4.78 is 1.10. The van der Waals surface area contributed by atoms with E-state index < -0.39 is 0 Å². The van der Waals surface area contributed by atoms with Crippen LogP contribution < -0.4 is 5.32 Å². The van der Waals surface area contributed by atoms with Gasteiger partial charge < -0.3 is 10.3 Å². The highest BCUT2D eigenvalue weighted by atomic mass is 79.9. The molecule has 1 atom stereocenters. The van der Waals surface area contributed by atoms with Crippen molar-refractivity contribution in [1.82, 2.24) is 15.3 Å². The third-order valence-electron chi connectivity index (χ3n) is 2.55. The molecule has 4 heteroatoms. The normalized spacial score (nSPS) is 12.6. The molecule has 2 aromatic rings. The molecule has 0 amide bonds. The van der Waals surface area contributed by atoms with Gasteiger partial charge in [-0.3, -0.25) is 0 Å². The monoisotopic (exact) mass is 279 g/mol. The quantitative estimate of drug-likeness (QED) is 0.904. The number of nitrogens with one attached hydrogen (secondary N) is 2. The van der Waals surface area contributed by atoms with E-state index in [-0.39, 0.29) is 6.04 Å². The van der Waals surface area contributed by atoms with Gasteiger partial charge in [-0.2, -0.15) is 0 Å². The summed E-state index contributed by atoms with van der Waals surface area (Å²) >= 11 is 3.49. The van der Waals surface area contributed by atoms with Gasteiger partial charge in [-0.15, -0.1) is 0 Å². The first-order valence-electron chi connectivity index (χ1n) is 5.20. The zero-order valence-electron chi connectivity index (χ0n) is 9.07. The number of hydrogen-bond donors (Lipinski definition) is 2. The number of benzene rings is 1. The van der Waals surface area contributed by atoms with Crippen LogP contribution in [-0.4, -0.2) is 17.0 Å². The fourth-order valence-corrected chi connectivity index (χ4v) is 2.13. The molecule has 0 bridgehead atoms. The minimum atomic E-state index is 0.281. The molecule has 16 heavy (non-hydrogen) atoms. The molecular weight excluding hydrogens is 266 g/mol. The molecule has 1 heterocycles. The number of imidazole rings is 1. The molecule has 3 nitrogen and oxygen atoms in total. The molecule has 2 N–H and O–H groups in total. The standard InChI is InChI=1S/C12H14BrN3/c1-14-11(8-12-15-5-6-16-12)9-3-2-4-10(13)7-9/h2-7,11,14H,8H2,1H3,(H,15,16). The van der Waals surface area contributed by atoms with Gasteiger partial charge in [-0.25, -0.2) is 4.98 Å². The van der Waals surface area contributed by atoms with Crippen molar-refractivity contribution in [3.63, 3.8) is 0 Å². The second-order valence-corrected chi connectivity index (χ2v) is 4.55. The average Bonchev–Trinajstić information content (AvgIpc) is 2.78. The van der Waals surface area contributed by atoms with Crippen LogP contribution in [0.4, 0.5) is 0 Å². The first-order chi connectivity index (χ1) is 7.79. The highest BCUT2D eigenvalue weighted by Gasteiger charge is 2.11. The summed E-state index contributed by atoms with van der Waals surface area (Å²) in [5.74, 6) is 0.999. The summed E-state index contributed by atoms with van der Waals surface area (Å²) in [6.07, 6.45) is 4.49. The van der Waals surface area contributed by atoms with Gasteiger partial charge in [0.05, 0.1) is 0 Å². The van der Waals surface area contributed by atoms with Crippen LogP contribution in [0.5, 0.6) is 0 Å². The molecule has 0 aliphatic rings. The maximum atomic E-state index is 4.24. The molecule has 84 valence electrons. The molecule has 2 rings (SSSR count). The average molecular weight is 280 g/mol. The van der Waals surface area contributed by atoms with Crippen LogP contribution in [0.25, 0.3) is 0 Å². The zero-order valence-corrected chi connectivity index (χ0v) is 10.7. The van der Waals surface area contributed by atoms with Crippen molar-refractivity contribution in [3.8, 4) is 0 Å². The molecule has 0 radical (unpaired) electrons. The minimum Gasteiger partial charge on any atom is -0.349 e. The summed E-state index contributed by atoms with van der Waals surface area (Å²) in [5.41, 5.74) is 1.26. The molecule has 1 aromatic heterocycles. The maximum absolute atomic E-state index is 4.24. The number of halogens is 1. The van der Waals surface area contributed by atoms with Crippen molar-refractivity contribution < 1.29 is 0 Å². The van der Waals surface area contributed by atoms with Crippen LogP contribution in [0, 0.1) is 0 Å². The molecule has 1 unspecified atom stereocenters. The Hall–Kier alpha value is -1.13. The number of aromatic nitrogens is 2. The van der Waals surface area contributed by atoms with Gasteiger partial charge in [-0.05, 0) is 24.7 Å². The Balaban J connectivity index is 2.16. The topological polar surface area (TPSA) is 40.7 Å². The van der Waals surface area contributed by atoms with E-state index in [1.807, 2.05) is 25.4 Å². The van der Waals surface area contributed by atoms with E-state index in [2.05, 4.69) is 43.3 Å². The van der Waals surface area contributed by atoms with Gasteiger partial charge >= 0.3 is 0 Å². The van der Waals surface area contributed by atoms with Gasteiger partial charge in [0, 0.05) is 29.3 Å². The molecular formula is C12H14BrN3. The van der Waals surface area contributed by atoms with Crippen LogP contribution in [0.15, 0.2) is 41.1 Å². The fourth-order valence-electron chi connectivity index (χ4n) is 1.71. The van der Waals surface area contributed by atoms with Gasteiger partial charge in [-0.1, -0.05) is 28.1 Å². The summed E-state index contributed by atoms with van der Waals surface area (Å²) in [6.45, 7) is 0. The van der Waals surface area contributed by atoms with Crippen molar-refractivity contribution in [2.75, 3.05) is 7.05 Å². The van der Waals surface area contributed by atoms with Crippen LogP contribution in [0.1, 0.15) is 17.4 Å². The lowest BCUT2D eigenvalue weighted by Gasteiger charge is -2.15. The minimum absolute atomic E-state index is 0.281. The second-order valence-electron chi connectivity index (χ2n) is 3.64. The highest BCUT2D eigenvalue weighted by Crippen LogP contribution is 2.20. The molecule has 0 saturated heterocycles. The lowest BCUT2D eigenvalue weighted by atomic mass is 10.0. The molecule has 0 fully saturated rings. The SMILES string of the molecule is CNC(Cc1ncc[nH]1)c1cccc(Br)c1. The third kappa shape index (κ3) is 2.71. The number of rotatable bonds is 4. The van der Waals surface area contributed by atoms with Crippen molar-refractivity contribution >= 4 is 15.9 Å². The van der Waals surface area contributed by atoms with E-state index in [0.717, 1.165) is 16.7 Å². The Morgan fingerprint density at radius 1 is 1.50 bits per heavy atom. The number of likely N-dealkylation sites (N-methyl/N-ethyl adjacent to an activating group) is 1. The number of aromatic amines is 1.